The fourth-order valence-electron chi connectivity index (χ4n) is 5.80. The molecule has 7 rings (SSSR count). The third kappa shape index (κ3) is 4.70. The maximum atomic E-state index is 13.9. The van der Waals surface area contributed by atoms with Gasteiger partial charge in [0, 0.05) is 35.4 Å². The third-order valence-corrected chi connectivity index (χ3v) is 7.79. The highest BCUT2D eigenvalue weighted by molar-refractivity contribution is 6.00. The molecule has 7 heteroatoms. The van der Waals surface area contributed by atoms with Gasteiger partial charge in [0.15, 0.2) is 0 Å². The van der Waals surface area contributed by atoms with Gasteiger partial charge in [0.25, 0.3) is 0 Å². The van der Waals surface area contributed by atoms with E-state index in [1.807, 2.05) is 48.8 Å². The van der Waals surface area contributed by atoms with Crippen LogP contribution in [0.3, 0.4) is 0 Å². The van der Waals surface area contributed by atoms with Crippen LogP contribution in [-0.4, -0.2) is 31.7 Å². The second-order valence-corrected chi connectivity index (χ2v) is 10.5. The van der Waals surface area contributed by atoms with Gasteiger partial charge in [-0.1, -0.05) is 37.1 Å². The molecular weight excluding hydrogens is 487 g/mol. The number of nitrogens with zero attached hydrogens (tertiary/aromatic N) is 3. The Balaban J connectivity index is 1.20. The van der Waals surface area contributed by atoms with Crippen LogP contribution in [-0.2, 0) is 6.54 Å². The first kappa shape index (κ1) is 23.7. The zero-order valence-corrected chi connectivity index (χ0v) is 21.5. The van der Waals surface area contributed by atoms with Gasteiger partial charge < -0.3 is 10.3 Å². The molecular formula is C32H29FN6. The van der Waals surface area contributed by atoms with E-state index >= 15 is 0 Å². The van der Waals surface area contributed by atoms with Crippen LogP contribution in [0.2, 0.25) is 0 Å². The summed E-state index contributed by atoms with van der Waals surface area (Å²) in [5.41, 5.74) is 9.00. The van der Waals surface area contributed by atoms with Crippen LogP contribution < -0.4 is 5.32 Å². The minimum Gasteiger partial charge on any atom is -0.353 e. The van der Waals surface area contributed by atoms with Crippen molar-refractivity contribution in [1.29, 1.82) is 0 Å². The number of pyridine rings is 2. The molecule has 194 valence electrons. The van der Waals surface area contributed by atoms with Gasteiger partial charge in [-0.15, -0.1) is 0 Å². The largest absolute Gasteiger partial charge is 0.353 e. The molecule has 6 nitrogen and oxygen atoms in total. The number of rotatable bonds is 7. The molecule has 0 aliphatic heterocycles. The molecule has 0 radical (unpaired) electrons. The molecule has 1 aliphatic carbocycles. The van der Waals surface area contributed by atoms with Crippen molar-refractivity contribution in [1.82, 2.24) is 30.5 Å². The molecule has 0 unspecified atom stereocenters. The van der Waals surface area contributed by atoms with E-state index in [1.165, 1.54) is 31.7 Å². The van der Waals surface area contributed by atoms with E-state index < -0.39 is 0 Å². The zero-order chi connectivity index (χ0) is 26.2. The molecule has 0 saturated heterocycles. The van der Waals surface area contributed by atoms with Gasteiger partial charge in [-0.2, -0.15) is 5.10 Å². The van der Waals surface area contributed by atoms with Crippen molar-refractivity contribution in [2.24, 2.45) is 5.92 Å². The molecule has 0 atom stereocenters. The average molecular weight is 517 g/mol. The van der Waals surface area contributed by atoms with Gasteiger partial charge in [-0.25, -0.2) is 9.37 Å². The summed E-state index contributed by atoms with van der Waals surface area (Å²) < 4.78 is 13.9. The number of hydrogen-bond donors (Lipinski definition) is 3. The number of fused-ring (bicyclic) bond motifs is 2. The highest BCUT2D eigenvalue weighted by atomic mass is 19.1. The zero-order valence-electron chi connectivity index (χ0n) is 21.5. The van der Waals surface area contributed by atoms with E-state index in [0.717, 1.165) is 80.3 Å². The van der Waals surface area contributed by atoms with E-state index in [-0.39, 0.29) is 5.82 Å². The van der Waals surface area contributed by atoms with Gasteiger partial charge in [0.1, 0.15) is 17.0 Å². The maximum Gasteiger partial charge on any atom is 0.135 e. The lowest BCUT2D eigenvalue weighted by molar-refractivity contribution is 0.489. The lowest BCUT2D eigenvalue weighted by Gasteiger charge is -2.11. The molecule has 2 aromatic carbocycles. The van der Waals surface area contributed by atoms with E-state index in [9.17, 15) is 4.39 Å². The fourth-order valence-corrected chi connectivity index (χ4v) is 5.80. The van der Waals surface area contributed by atoms with E-state index in [0.29, 0.717) is 0 Å². The molecule has 4 heterocycles. The second-order valence-electron chi connectivity index (χ2n) is 10.5. The molecule has 4 aromatic heterocycles. The van der Waals surface area contributed by atoms with Crippen molar-refractivity contribution in [3.8, 4) is 33.8 Å². The van der Waals surface area contributed by atoms with Crippen molar-refractivity contribution in [3.63, 3.8) is 0 Å². The minimum atomic E-state index is -0.251. The van der Waals surface area contributed by atoms with Crippen LogP contribution in [0.15, 0.2) is 79.1 Å². The molecule has 39 heavy (non-hydrogen) atoms. The summed E-state index contributed by atoms with van der Waals surface area (Å²) in [7, 11) is 0. The number of aromatic nitrogens is 5. The lowest BCUT2D eigenvalue weighted by atomic mass is 10.0. The quantitative estimate of drug-likeness (QED) is 0.209. The molecule has 1 fully saturated rings. The third-order valence-electron chi connectivity index (χ3n) is 7.79. The Kier molecular flexibility index (Phi) is 6.13. The molecule has 0 bridgehead atoms. The number of hydrogen-bond acceptors (Lipinski definition) is 4. The van der Waals surface area contributed by atoms with Crippen molar-refractivity contribution in [2.75, 3.05) is 6.54 Å². The summed E-state index contributed by atoms with van der Waals surface area (Å²) in [4.78, 5) is 13.0. The van der Waals surface area contributed by atoms with Crippen molar-refractivity contribution >= 4 is 21.9 Å². The first-order valence-corrected chi connectivity index (χ1v) is 13.6. The van der Waals surface area contributed by atoms with Crippen molar-refractivity contribution < 1.29 is 4.39 Å². The Labute approximate surface area is 225 Å². The van der Waals surface area contributed by atoms with Gasteiger partial charge in [0.05, 0.1) is 16.9 Å². The average Bonchev–Trinajstić information content (AvgIpc) is 3.72. The maximum absolute atomic E-state index is 13.9. The molecule has 6 aromatic rings. The lowest BCUT2D eigenvalue weighted by Crippen LogP contribution is -2.20. The van der Waals surface area contributed by atoms with E-state index in [1.54, 1.807) is 12.1 Å². The molecule has 1 aliphatic rings. The Morgan fingerprint density at radius 1 is 0.897 bits per heavy atom. The highest BCUT2D eigenvalue weighted by Gasteiger charge is 2.16. The summed E-state index contributed by atoms with van der Waals surface area (Å²) in [5.74, 6) is 0.553. The molecule has 3 N–H and O–H groups in total. The summed E-state index contributed by atoms with van der Waals surface area (Å²) >= 11 is 0. The molecule has 1 saturated carbocycles. The van der Waals surface area contributed by atoms with Crippen LogP contribution in [0.4, 0.5) is 4.39 Å². The van der Waals surface area contributed by atoms with Gasteiger partial charge in [-0.3, -0.25) is 10.1 Å². The van der Waals surface area contributed by atoms with E-state index in [2.05, 4.69) is 37.6 Å². The summed E-state index contributed by atoms with van der Waals surface area (Å²) in [6.45, 7) is 1.87. The number of nitrogens with one attached hydrogen (secondary N) is 3. The SMILES string of the molecule is Fc1cccc(-c2cccc3[nH]c(-c4n[nH]c5ccc(-c6cncc(CNCC7CCCC7)c6)nc45)cc23)c1. The van der Waals surface area contributed by atoms with Gasteiger partial charge in [-0.05, 0) is 84.5 Å². The Morgan fingerprint density at radius 3 is 2.69 bits per heavy atom. The van der Waals surface area contributed by atoms with Gasteiger partial charge >= 0.3 is 0 Å². The predicted octanol–water partition coefficient (Wildman–Crippen LogP) is 7.25. The Bertz CT molecular complexity index is 1780. The number of H-pyrrole nitrogens is 2. The first-order valence-electron chi connectivity index (χ1n) is 13.6. The summed E-state index contributed by atoms with van der Waals surface area (Å²) in [6.07, 6.45) is 9.19. The van der Waals surface area contributed by atoms with Crippen LogP contribution in [0.1, 0.15) is 31.2 Å². The fraction of sp³-hybridized carbons (Fsp3) is 0.219. The first-order chi connectivity index (χ1) is 19.2. The van der Waals surface area contributed by atoms with Crippen molar-refractivity contribution in [2.45, 2.75) is 32.2 Å². The van der Waals surface area contributed by atoms with Crippen molar-refractivity contribution in [3.05, 3.63) is 90.5 Å². The normalized spacial score (nSPS) is 14.1. The Hall–Kier alpha value is -4.36. The standard InChI is InChI=1S/C32H29FN6/c33-24-8-3-7-22(14-24)25-9-4-10-28-26(25)15-30(36-28)32-31-29(38-39-32)12-11-27(37-31)23-13-21(18-35-19-23)17-34-16-20-5-1-2-6-20/h3-4,7-15,18-20,34,36H,1-2,5-6,16-17H2,(H,38,39). The van der Waals surface area contributed by atoms with E-state index in [4.69, 9.17) is 4.98 Å². The predicted molar refractivity (Wildman–Crippen MR) is 153 cm³/mol. The smallest absolute Gasteiger partial charge is 0.135 e. The monoisotopic (exact) mass is 516 g/mol. The number of halogens is 1. The number of benzene rings is 2. The van der Waals surface area contributed by atoms with Crippen LogP contribution >= 0.6 is 0 Å². The Morgan fingerprint density at radius 2 is 1.79 bits per heavy atom. The minimum absolute atomic E-state index is 0.251. The van der Waals surface area contributed by atoms with Crippen LogP contribution in [0.5, 0.6) is 0 Å². The van der Waals surface area contributed by atoms with Crippen LogP contribution in [0, 0.1) is 11.7 Å². The topological polar surface area (TPSA) is 82.3 Å². The van der Waals surface area contributed by atoms with Crippen LogP contribution in [0.25, 0.3) is 55.7 Å². The highest BCUT2D eigenvalue weighted by Crippen LogP contribution is 2.34. The second kappa shape index (κ2) is 10.1. The summed E-state index contributed by atoms with van der Waals surface area (Å²) in [5, 5.41) is 12.3. The molecule has 0 spiro atoms. The van der Waals surface area contributed by atoms with Gasteiger partial charge in [0.2, 0.25) is 0 Å². The summed E-state index contributed by atoms with van der Waals surface area (Å²) in [6, 6.07) is 20.9. The number of aromatic amines is 2. The molecule has 0 amide bonds.